The highest BCUT2D eigenvalue weighted by Crippen LogP contribution is 2.12. The second-order valence-corrected chi connectivity index (χ2v) is 7.44. The van der Waals surface area contributed by atoms with E-state index in [1.54, 1.807) is 0 Å². The van der Waals surface area contributed by atoms with Gasteiger partial charge in [0, 0.05) is 13.2 Å². The molecule has 2 nitrogen and oxygen atoms in total. The molecule has 146 valence electrons. The van der Waals surface area contributed by atoms with Crippen molar-refractivity contribution in [2.24, 2.45) is 5.92 Å². The number of hydrogen-bond acceptors (Lipinski definition) is 2. The number of unbranched alkanes of at least 4 members (excludes halogenated alkanes) is 12. The summed E-state index contributed by atoms with van der Waals surface area (Å²) in [4.78, 5) is 0. The third kappa shape index (κ3) is 20.0. The summed E-state index contributed by atoms with van der Waals surface area (Å²) in [5.74, 6) is 0.672. The average Bonchev–Trinajstić information content (AvgIpc) is 2.60. The number of rotatable bonds is 20. The van der Waals surface area contributed by atoms with Gasteiger partial charge in [0.05, 0.1) is 13.2 Å². The zero-order valence-corrected chi connectivity index (χ0v) is 17.1. The van der Waals surface area contributed by atoms with Gasteiger partial charge in [-0.3, -0.25) is 0 Å². The predicted molar refractivity (Wildman–Crippen MR) is 107 cm³/mol. The van der Waals surface area contributed by atoms with Crippen LogP contribution in [0.15, 0.2) is 0 Å². The molecule has 0 fully saturated rings. The lowest BCUT2D eigenvalue weighted by atomic mass is 10.0. The maximum atomic E-state index is 5.62. The first kappa shape index (κ1) is 23.9. The molecule has 0 saturated heterocycles. The van der Waals surface area contributed by atoms with Crippen molar-refractivity contribution in [1.82, 2.24) is 0 Å². The van der Waals surface area contributed by atoms with Crippen LogP contribution in [-0.4, -0.2) is 26.4 Å². The summed E-state index contributed by atoms with van der Waals surface area (Å²) in [5.41, 5.74) is 0. The van der Waals surface area contributed by atoms with Crippen LogP contribution in [-0.2, 0) is 9.47 Å². The quantitative estimate of drug-likeness (QED) is 0.219. The molecule has 0 amide bonds. The minimum absolute atomic E-state index is 0.672. The van der Waals surface area contributed by atoms with Crippen LogP contribution in [0.1, 0.15) is 111 Å². The Hall–Kier alpha value is -0.0800. The zero-order chi connectivity index (χ0) is 17.7. The second-order valence-electron chi connectivity index (χ2n) is 7.44. The molecule has 0 aliphatic heterocycles. The van der Waals surface area contributed by atoms with E-state index in [1.807, 2.05) is 0 Å². The molecule has 0 aromatic carbocycles. The molecule has 0 aliphatic carbocycles. The van der Waals surface area contributed by atoms with Crippen molar-refractivity contribution in [2.75, 3.05) is 26.4 Å². The summed E-state index contributed by atoms with van der Waals surface area (Å²) in [6, 6.07) is 0. The normalized spacial score (nSPS) is 12.6. The fraction of sp³-hybridized carbons (Fsp3) is 1.00. The van der Waals surface area contributed by atoms with Crippen LogP contribution < -0.4 is 0 Å². The van der Waals surface area contributed by atoms with E-state index in [4.69, 9.17) is 9.47 Å². The van der Waals surface area contributed by atoms with Gasteiger partial charge in [-0.15, -0.1) is 0 Å². The average molecular weight is 343 g/mol. The van der Waals surface area contributed by atoms with Gasteiger partial charge in [-0.2, -0.15) is 0 Å². The zero-order valence-electron chi connectivity index (χ0n) is 17.1. The van der Waals surface area contributed by atoms with Gasteiger partial charge in [0.15, 0.2) is 0 Å². The minimum Gasteiger partial charge on any atom is -0.379 e. The lowest BCUT2D eigenvalue weighted by Crippen LogP contribution is -2.10. The third-order valence-corrected chi connectivity index (χ3v) is 4.86. The molecule has 1 atom stereocenters. The highest BCUT2D eigenvalue weighted by Gasteiger charge is 1.98. The summed E-state index contributed by atoms with van der Waals surface area (Å²) < 4.78 is 11.2. The summed E-state index contributed by atoms with van der Waals surface area (Å²) >= 11 is 0. The van der Waals surface area contributed by atoms with E-state index in [0.717, 1.165) is 26.4 Å². The smallest absolute Gasteiger partial charge is 0.0700 e. The first-order valence-corrected chi connectivity index (χ1v) is 11.0. The summed E-state index contributed by atoms with van der Waals surface area (Å²) in [6.07, 6.45) is 19.4. The molecule has 0 aromatic heterocycles. The molecule has 0 aliphatic rings. The summed E-state index contributed by atoms with van der Waals surface area (Å²) in [7, 11) is 0. The van der Waals surface area contributed by atoms with Crippen molar-refractivity contribution < 1.29 is 9.47 Å². The summed E-state index contributed by atoms with van der Waals surface area (Å²) in [6.45, 7) is 10.0. The van der Waals surface area contributed by atoms with Crippen molar-refractivity contribution in [3.05, 3.63) is 0 Å². The van der Waals surface area contributed by atoms with Crippen molar-refractivity contribution in [3.8, 4) is 0 Å². The van der Waals surface area contributed by atoms with Crippen molar-refractivity contribution in [3.63, 3.8) is 0 Å². The van der Waals surface area contributed by atoms with Gasteiger partial charge in [-0.1, -0.05) is 104 Å². The molecule has 0 N–H and O–H groups in total. The van der Waals surface area contributed by atoms with E-state index in [0.29, 0.717) is 5.92 Å². The Morgan fingerprint density at radius 3 is 1.50 bits per heavy atom. The van der Waals surface area contributed by atoms with Crippen LogP contribution >= 0.6 is 0 Å². The monoisotopic (exact) mass is 342 g/mol. The number of hydrogen-bond donors (Lipinski definition) is 0. The maximum Gasteiger partial charge on any atom is 0.0700 e. The summed E-state index contributed by atoms with van der Waals surface area (Å²) in [5, 5.41) is 0. The van der Waals surface area contributed by atoms with E-state index >= 15 is 0 Å². The van der Waals surface area contributed by atoms with Crippen LogP contribution in [0.2, 0.25) is 0 Å². The molecular formula is C22H46O2. The Balaban J connectivity index is 2.98. The van der Waals surface area contributed by atoms with Crippen LogP contribution in [0.5, 0.6) is 0 Å². The van der Waals surface area contributed by atoms with Crippen LogP contribution in [0, 0.1) is 5.92 Å². The lowest BCUT2D eigenvalue weighted by molar-refractivity contribution is 0.0340. The van der Waals surface area contributed by atoms with Crippen molar-refractivity contribution >= 4 is 0 Å². The van der Waals surface area contributed by atoms with E-state index < -0.39 is 0 Å². The van der Waals surface area contributed by atoms with Crippen LogP contribution in [0.25, 0.3) is 0 Å². The highest BCUT2D eigenvalue weighted by molar-refractivity contribution is 4.49. The Morgan fingerprint density at radius 1 is 0.542 bits per heavy atom. The molecular weight excluding hydrogens is 296 g/mol. The van der Waals surface area contributed by atoms with Gasteiger partial charge in [0.25, 0.3) is 0 Å². The van der Waals surface area contributed by atoms with Gasteiger partial charge in [0.2, 0.25) is 0 Å². The molecule has 0 bridgehead atoms. The molecule has 0 heterocycles. The number of ether oxygens (including phenoxy) is 2. The van der Waals surface area contributed by atoms with E-state index in [2.05, 4.69) is 20.8 Å². The van der Waals surface area contributed by atoms with Gasteiger partial charge >= 0.3 is 0 Å². The first-order valence-electron chi connectivity index (χ1n) is 11.0. The van der Waals surface area contributed by atoms with E-state index in [9.17, 15) is 0 Å². The topological polar surface area (TPSA) is 18.5 Å². The lowest BCUT2D eigenvalue weighted by Gasteiger charge is -2.09. The van der Waals surface area contributed by atoms with Crippen molar-refractivity contribution in [1.29, 1.82) is 0 Å². The first-order chi connectivity index (χ1) is 11.8. The molecule has 1 unspecified atom stereocenters. The minimum atomic E-state index is 0.672. The van der Waals surface area contributed by atoms with Gasteiger partial charge in [-0.25, -0.2) is 0 Å². The Kier molecular flexibility index (Phi) is 20.9. The van der Waals surface area contributed by atoms with Crippen LogP contribution in [0.3, 0.4) is 0 Å². The standard InChI is InChI=1S/C22H46O2/c1-4-6-7-8-9-10-11-12-13-14-15-16-17-18-23-19-20-24-21-22(3)5-2/h22H,4-21H2,1-3H3. The molecule has 0 aromatic rings. The third-order valence-electron chi connectivity index (χ3n) is 4.86. The molecule has 0 radical (unpaired) electrons. The largest absolute Gasteiger partial charge is 0.379 e. The van der Waals surface area contributed by atoms with Gasteiger partial charge in [-0.05, 0) is 12.3 Å². The molecule has 24 heavy (non-hydrogen) atoms. The Morgan fingerprint density at radius 2 is 1.00 bits per heavy atom. The Labute approximate surface area is 153 Å². The molecule has 0 rings (SSSR count). The maximum absolute atomic E-state index is 5.62. The molecule has 2 heteroatoms. The van der Waals surface area contributed by atoms with E-state index in [1.165, 1.54) is 89.9 Å². The van der Waals surface area contributed by atoms with Gasteiger partial charge in [0.1, 0.15) is 0 Å². The fourth-order valence-corrected chi connectivity index (χ4v) is 2.84. The SMILES string of the molecule is CCCCCCCCCCCCCCCOCCOCC(C)CC. The van der Waals surface area contributed by atoms with Crippen molar-refractivity contribution in [2.45, 2.75) is 111 Å². The molecule has 0 saturated carbocycles. The Bertz CT molecular complexity index is 218. The van der Waals surface area contributed by atoms with Crippen LogP contribution in [0.4, 0.5) is 0 Å². The molecule has 0 spiro atoms. The predicted octanol–water partition coefficient (Wildman–Crippen LogP) is 7.16. The van der Waals surface area contributed by atoms with Gasteiger partial charge < -0.3 is 9.47 Å². The fourth-order valence-electron chi connectivity index (χ4n) is 2.84. The highest BCUT2D eigenvalue weighted by atomic mass is 16.5. The second kappa shape index (κ2) is 21.0. The van der Waals surface area contributed by atoms with E-state index in [-0.39, 0.29) is 0 Å².